The molecule has 2 fully saturated rings. The van der Waals surface area contributed by atoms with E-state index in [1.807, 2.05) is 74.2 Å². The zero-order valence-electron chi connectivity index (χ0n) is 27.4. The summed E-state index contributed by atoms with van der Waals surface area (Å²) in [5.74, 6) is -0.406. The number of amides is 3. The van der Waals surface area contributed by atoms with Crippen LogP contribution in [-0.4, -0.2) is 74.9 Å². The summed E-state index contributed by atoms with van der Waals surface area (Å²) in [7, 11) is 1.65. The molecule has 0 spiro atoms. The number of carbonyl (C=O) groups excluding carboxylic acids is 3. The molecule has 10 nitrogen and oxygen atoms in total. The van der Waals surface area contributed by atoms with Gasteiger partial charge in [0.25, 0.3) is 5.91 Å². The second-order valence-electron chi connectivity index (χ2n) is 13.3. The highest BCUT2D eigenvalue weighted by atomic mass is 16.5. The number of rotatable bonds is 12. The third kappa shape index (κ3) is 7.18. The molecule has 2 aromatic carbocycles. The van der Waals surface area contributed by atoms with E-state index in [0.29, 0.717) is 50.7 Å². The molecule has 45 heavy (non-hydrogen) atoms. The van der Waals surface area contributed by atoms with E-state index in [-0.39, 0.29) is 41.6 Å². The van der Waals surface area contributed by atoms with Crippen LogP contribution in [-0.2, 0) is 23.9 Å². The molecule has 5 rings (SSSR count). The number of anilines is 2. The van der Waals surface area contributed by atoms with Gasteiger partial charge in [-0.15, -0.1) is 0 Å². The molecule has 2 aliphatic heterocycles. The number of ether oxygens (including phenoxy) is 3. The molecule has 0 aromatic heterocycles. The molecule has 2 heterocycles. The molecular formula is C35H48N4O6. The Hall–Kier alpha value is -3.47. The number of hydrogen-bond acceptors (Lipinski definition) is 7. The summed E-state index contributed by atoms with van der Waals surface area (Å²) in [6.07, 6.45) is 2.26. The molecule has 2 aromatic rings. The lowest BCUT2D eigenvalue weighted by molar-refractivity contribution is -0.133. The lowest BCUT2D eigenvalue weighted by atomic mass is 9.86. The number of carbonyl (C=O) groups is 3. The normalized spacial score (nSPS) is 21.8. The smallest absolute Gasteiger partial charge is 0.270 e. The standard InChI is InChI=1S/C35H48N4O6/c1-7-44-18-17-38-28-20-27(15-16-29(28)45-35(4,5)33(38)42)39(26-13-14-26)32(41)25-19-24(21-36-22-25)31(40)37-30(34(2,3)43-6)23-11-9-8-10-12-23/h8-12,15-16,20,24-26,30,36H,7,13-14,17-19,21-22H2,1-6H3,(H,37,40)/t24-,25+,30-/m0/s1. The highest BCUT2D eigenvalue weighted by molar-refractivity contribution is 6.04. The fourth-order valence-electron chi connectivity index (χ4n) is 6.29. The Kier molecular flexibility index (Phi) is 9.86. The summed E-state index contributed by atoms with van der Waals surface area (Å²) in [5.41, 5.74) is 0.690. The Morgan fingerprint density at radius 2 is 1.84 bits per heavy atom. The van der Waals surface area contributed by atoms with Gasteiger partial charge in [-0.3, -0.25) is 14.4 Å². The largest absolute Gasteiger partial charge is 0.476 e. The predicted octanol–water partition coefficient (Wildman–Crippen LogP) is 4.23. The van der Waals surface area contributed by atoms with Crippen LogP contribution >= 0.6 is 0 Å². The lowest BCUT2D eigenvalue weighted by Crippen LogP contribution is -2.53. The van der Waals surface area contributed by atoms with Crippen molar-refractivity contribution in [2.45, 2.75) is 77.2 Å². The van der Waals surface area contributed by atoms with Crippen LogP contribution in [0.15, 0.2) is 48.5 Å². The van der Waals surface area contributed by atoms with Gasteiger partial charge in [0.2, 0.25) is 11.8 Å². The van der Waals surface area contributed by atoms with Crippen LogP contribution in [0.5, 0.6) is 5.75 Å². The molecule has 3 atom stereocenters. The van der Waals surface area contributed by atoms with E-state index >= 15 is 0 Å². The second kappa shape index (κ2) is 13.5. The van der Waals surface area contributed by atoms with E-state index in [1.54, 1.807) is 25.9 Å². The minimum Gasteiger partial charge on any atom is -0.476 e. The Balaban J connectivity index is 1.35. The fraction of sp³-hybridized carbons (Fsp3) is 0.571. The third-order valence-corrected chi connectivity index (χ3v) is 9.16. The zero-order chi connectivity index (χ0) is 32.4. The molecule has 3 amide bonds. The van der Waals surface area contributed by atoms with E-state index < -0.39 is 11.2 Å². The van der Waals surface area contributed by atoms with Crippen LogP contribution in [0.4, 0.5) is 11.4 Å². The number of nitrogens with zero attached hydrogens (tertiary/aromatic N) is 2. The van der Waals surface area contributed by atoms with Gasteiger partial charge in [-0.25, -0.2) is 0 Å². The first-order valence-electron chi connectivity index (χ1n) is 16.1. The van der Waals surface area contributed by atoms with E-state index in [1.165, 1.54) is 0 Å². The first-order valence-corrected chi connectivity index (χ1v) is 16.1. The quantitative estimate of drug-likeness (QED) is 0.342. The van der Waals surface area contributed by atoms with Crippen molar-refractivity contribution in [2.24, 2.45) is 11.8 Å². The van der Waals surface area contributed by atoms with E-state index in [9.17, 15) is 14.4 Å². The Morgan fingerprint density at radius 1 is 1.13 bits per heavy atom. The zero-order valence-corrected chi connectivity index (χ0v) is 27.4. The van der Waals surface area contributed by atoms with Crippen molar-refractivity contribution in [3.05, 3.63) is 54.1 Å². The highest BCUT2D eigenvalue weighted by Gasteiger charge is 2.44. The van der Waals surface area contributed by atoms with Gasteiger partial charge < -0.3 is 34.6 Å². The Labute approximate surface area is 266 Å². The Morgan fingerprint density at radius 3 is 2.51 bits per heavy atom. The van der Waals surface area contributed by atoms with Gasteiger partial charge in [0.05, 0.1) is 35.8 Å². The number of piperidine rings is 1. The predicted molar refractivity (Wildman–Crippen MR) is 173 cm³/mol. The van der Waals surface area contributed by atoms with Crippen molar-refractivity contribution in [2.75, 3.05) is 49.8 Å². The summed E-state index contributed by atoms with van der Waals surface area (Å²) < 4.78 is 17.4. The van der Waals surface area contributed by atoms with Gasteiger partial charge in [-0.05, 0) is 77.6 Å². The molecule has 244 valence electrons. The molecule has 0 radical (unpaired) electrons. The number of benzene rings is 2. The molecule has 2 N–H and O–H groups in total. The molecule has 1 saturated carbocycles. The monoisotopic (exact) mass is 620 g/mol. The lowest BCUT2D eigenvalue weighted by Gasteiger charge is -2.40. The van der Waals surface area contributed by atoms with E-state index in [4.69, 9.17) is 14.2 Å². The summed E-state index contributed by atoms with van der Waals surface area (Å²) in [6, 6.07) is 15.2. The van der Waals surface area contributed by atoms with Crippen molar-refractivity contribution in [1.82, 2.24) is 10.6 Å². The van der Waals surface area contributed by atoms with Gasteiger partial charge in [-0.1, -0.05) is 30.3 Å². The molecule has 1 aliphatic carbocycles. The highest BCUT2D eigenvalue weighted by Crippen LogP contribution is 2.43. The minimum atomic E-state index is -1.01. The van der Waals surface area contributed by atoms with Gasteiger partial charge >= 0.3 is 0 Å². The number of fused-ring (bicyclic) bond motifs is 1. The van der Waals surface area contributed by atoms with Gasteiger partial charge in [0.1, 0.15) is 5.75 Å². The first kappa shape index (κ1) is 32.9. The van der Waals surface area contributed by atoms with Gasteiger partial charge in [0, 0.05) is 45.1 Å². The SMILES string of the molecule is CCOCCN1C(=O)C(C)(C)Oc2ccc(N(C(=O)[C@H]3CNC[C@@H](C(=O)N[C@@H](c4ccccc4)C(C)(C)OC)C3)C3CC3)cc21. The number of methoxy groups -OCH3 is 1. The second-order valence-corrected chi connectivity index (χ2v) is 13.3. The summed E-state index contributed by atoms with van der Waals surface area (Å²) >= 11 is 0. The van der Waals surface area contributed by atoms with Crippen LogP contribution in [0, 0.1) is 11.8 Å². The topological polar surface area (TPSA) is 109 Å². The molecular weight excluding hydrogens is 572 g/mol. The van der Waals surface area contributed by atoms with Crippen LogP contribution in [0.1, 0.15) is 65.5 Å². The van der Waals surface area contributed by atoms with Crippen LogP contribution in [0.3, 0.4) is 0 Å². The van der Waals surface area contributed by atoms with Crippen LogP contribution < -0.4 is 25.2 Å². The maximum Gasteiger partial charge on any atom is 0.270 e. The number of nitrogens with one attached hydrogen (secondary N) is 2. The van der Waals surface area contributed by atoms with Crippen molar-refractivity contribution in [1.29, 1.82) is 0 Å². The average Bonchev–Trinajstić information content (AvgIpc) is 3.87. The molecule has 1 saturated heterocycles. The fourth-order valence-corrected chi connectivity index (χ4v) is 6.29. The van der Waals surface area contributed by atoms with Gasteiger partial charge in [0.15, 0.2) is 5.60 Å². The average molecular weight is 621 g/mol. The summed E-state index contributed by atoms with van der Waals surface area (Å²) in [6.45, 7) is 11.7. The van der Waals surface area contributed by atoms with Crippen LogP contribution in [0.25, 0.3) is 0 Å². The van der Waals surface area contributed by atoms with E-state index in [0.717, 1.165) is 24.1 Å². The van der Waals surface area contributed by atoms with Crippen molar-refractivity contribution in [3.63, 3.8) is 0 Å². The van der Waals surface area contributed by atoms with Crippen molar-refractivity contribution >= 4 is 29.1 Å². The maximum absolute atomic E-state index is 14.2. The third-order valence-electron chi connectivity index (χ3n) is 9.16. The van der Waals surface area contributed by atoms with Crippen LogP contribution in [0.2, 0.25) is 0 Å². The number of hydrogen-bond donors (Lipinski definition) is 2. The van der Waals surface area contributed by atoms with E-state index in [2.05, 4.69) is 10.6 Å². The van der Waals surface area contributed by atoms with Crippen molar-refractivity contribution in [3.8, 4) is 5.75 Å². The van der Waals surface area contributed by atoms with Crippen molar-refractivity contribution < 1.29 is 28.6 Å². The first-order chi connectivity index (χ1) is 21.5. The molecule has 3 aliphatic rings. The van der Waals surface area contributed by atoms with Gasteiger partial charge in [-0.2, -0.15) is 0 Å². The maximum atomic E-state index is 14.2. The summed E-state index contributed by atoms with van der Waals surface area (Å²) in [4.78, 5) is 44.9. The minimum absolute atomic E-state index is 0.0106. The summed E-state index contributed by atoms with van der Waals surface area (Å²) in [5, 5.41) is 6.58. The molecule has 10 heteroatoms. The molecule has 0 unspecified atom stereocenters. The Bertz CT molecular complexity index is 1380. The molecule has 0 bridgehead atoms.